The Balaban J connectivity index is 1.16. The lowest BCUT2D eigenvalue weighted by molar-refractivity contribution is 0.461. The second kappa shape index (κ2) is 13.9. The quantitative estimate of drug-likeness (QED) is 0.147. The van der Waals surface area contributed by atoms with Crippen LogP contribution in [-0.4, -0.2) is 24.5 Å². The molecule has 4 heterocycles. The van der Waals surface area contributed by atoms with Gasteiger partial charge in [-0.2, -0.15) is 0 Å². The van der Waals surface area contributed by atoms with Gasteiger partial charge in [-0.1, -0.05) is 80.7 Å². The Morgan fingerprint density at radius 1 is 0.510 bits per heavy atom. The monoisotopic (exact) mass is 703 g/mol. The van der Waals surface area contributed by atoms with E-state index in [9.17, 15) is 0 Å². The number of ether oxygens (including phenoxy) is 2. The second-order valence-electron chi connectivity index (χ2n) is 12.9. The maximum atomic E-state index is 6.01. The van der Waals surface area contributed by atoms with Gasteiger partial charge in [-0.3, -0.25) is 4.57 Å². The third-order valence-electron chi connectivity index (χ3n) is 8.22. The van der Waals surface area contributed by atoms with Gasteiger partial charge >= 0.3 is 0 Å². The molecule has 51 heavy (non-hydrogen) atoms. The molecule has 8 aromatic rings. The Labute approximate surface area is 304 Å². The maximum Gasteiger partial charge on any atom is 0.234 e. The van der Waals surface area contributed by atoms with E-state index in [1.54, 1.807) is 35.9 Å². The van der Waals surface area contributed by atoms with Gasteiger partial charge < -0.3 is 9.47 Å². The van der Waals surface area contributed by atoms with Gasteiger partial charge in [0.25, 0.3) is 0 Å². The van der Waals surface area contributed by atoms with Gasteiger partial charge in [-0.25, -0.2) is 19.9 Å². The van der Waals surface area contributed by atoms with Crippen molar-refractivity contribution < 1.29 is 9.47 Å². The SMILES string of the molecule is CC(C)(C)c1cnc(-n2c3cc(Sc4cccc(Oc5ccccn5)c4)ccc3c3ccc(Sc4cccc(Oc5ccccn5)c4)cc32)nc1. The molecule has 4 aromatic heterocycles. The Hall–Kier alpha value is -5.64. The molecule has 0 atom stereocenters. The molecule has 0 radical (unpaired) electrons. The van der Waals surface area contributed by atoms with E-state index in [4.69, 9.17) is 19.4 Å². The molecule has 0 unspecified atom stereocenters. The van der Waals surface area contributed by atoms with Crippen LogP contribution < -0.4 is 9.47 Å². The second-order valence-corrected chi connectivity index (χ2v) is 15.2. The lowest BCUT2D eigenvalue weighted by atomic mass is 9.89. The lowest BCUT2D eigenvalue weighted by Gasteiger charge is -2.18. The van der Waals surface area contributed by atoms with Crippen LogP contribution in [0.3, 0.4) is 0 Å². The topological polar surface area (TPSA) is 75.0 Å². The average molecular weight is 704 g/mol. The minimum absolute atomic E-state index is 0.0589. The minimum Gasteiger partial charge on any atom is -0.439 e. The van der Waals surface area contributed by atoms with Gasteiger partial charge in [-0.15, -0.1) is 0 Å². The van der Waals surface area contributed by atoms with Crippen molar-refractivity contribution in [2.75, 3.05) is 0 Å². The molecule has 4 aromatic carbocycles. The molecule has 0 amide bonds. The third kappa shape index (κ3) is 7.31. The van der Waals surface area contributed by atoms with Gasteiger partial charge in [-0.05, 0) is 83.8 Å². The first kappa shape index (κ1) is 32.6. The van der Waals surface area contributed by atoms with Crippen LogP contribution in [0.15, 0.2) is 166 Å². The highest BCUT2D eigenvalue weighted by molar-refractivity contribution is 7.99. The number of nitrogens with zero attached hydrogens (tertiary/aromatic N) is 5. The highest BCUT2D eigenvalue weighted by atomic mass is 32.2. The van der Waals surface area contributed by atoms with Gasteiger partial charge in [0, 0.05) is 67.3 Å². The fraction of sp³-hybridized carbons (Fsp3) is 0.0952. The fourth-order valence-corrected chi connectivity index (χ4v) is 7.48. The molecule has 0 aliphatic carbocycles. The van der Waals surface area contributed by atoms with Crippen molar-refractivity contribution in [3.63, 3.8) is 0 Å². The van der Waals surface area contributed by atoms with E-state index in [2.05, 4.69) is 83.8 Å². The number of fused-ring (bicyclic) bond motifs is 3. The molecule has 0 saturated heterocycles. The highest BCUT2D eigenvalue weighted by Crippen LogP contribution is 2.40. The molecule has 9 heteroatoms. The molecule has 0 fully saturated rings. The molecular weight excluding hydrogens is 671 g/mol. The predicted octanol–water partition coefficient (Wildman–Crippen LogP) is 11.5. The molecule has 8 rings (SSSR count). The smallest absolute Gasteiger partial charge is 0.234 e. The zero-order valence-corrected chi connectivity index (χ0v) is 29.9. The predicted molar refractivity (Wildman–Crippen MR) is 205 cm³/mol. The molecule has 0 aliphatic heterocycles. The van der Waals surface area contributed by atoms with Gasteiger partial charge in [0.1, 0.15) is 11.5 Å². The Kier molecular flexibility index (Phi) is 8.90. The number of hydrogen-bond donors (Lipinski definition) is 0. The summed E-state index contributed by atoms with van der Waals surface area (Å²) in [7, 11) is 0. The molecule has 0 bridgehead atoms. The van der Waals surface area contributed by atoms with Crippen molar-refractivity contribution >= 4 is 45.3 Å². The molecule has 0 spiro atoms. The van der Waals surface area contributed by atoms with Crippen LogP contribution in [0.2, 0.25) is 0 Å². The molecule has 7 nitrogen and oxygen atoms in total. The van der Waals surface area contributed by atoms with Gasteiger partial charge in [0.2, 0.25) is 17.7 Å². The van der Waals surface area contributed by atoms with E-state index >= 15 is 0 Å². The first-order valence-corrected chi connectivity index (χ1v) is 18.1. The summed E-state index contributed by atoms with van der Waals surface area (Å²) in [5, 5.41) is 2.26. The lowest BCUT2D eigenvalue weighted by Crippen LogP contribution is -2.13. The normalized spacial score (nSPS) is 11.6. The van der Waals surface area contributed by atoms with Crippen molar-refractivity contribution in [3.05, 3.63) is 152 Å². The van der Waals surface area contributed by atoms with Crippen molar-refractivity contribution in [3.8, 4) is 29.2 Å². The minimum atomic E-state index is -0.0589. The van der Waals surface area contributed by atoms with Crippen molar-refractivity contribution in [1.29, 1.82) is 0 Å². The largest absolute Gasteiger partial charge is 0.439 e. The summed E-state index contributed by atoms with van der Waals surface area (Å²) < 4.78 is 14.2. The number of benzene rings is 4. The van der Waals surface area contributed by atoms with Crippen molar-refractivity contribution in [2.45, 2.75) is 45.8 Å². The van der Waals surface area contributed by atoms with Gasteiger partial charge in [0.05, 0.1) is 11.0 Å². The molecule has 0 N–H and O–H groups in total. The summed E-state index contributed by atoms with van der Waals surface area (Å²) in [4.78, 5) is 22.7. The average Bonchev–Trinajstić information content (AvgIpc) is 3.45. The number of rotatable bonds is 9. The molecule has 0 aliphatic rings. The van der Waals surface area contributed by atoms with Crippen LogP contribution in [0.25, 0.3) is 27.8 Å². The summed E-state index contributed by atoms with van der Waals surface area (Å²) >= 11 is 3.36. The van der Waals surface area contributed by atoms with E-state index < -0.39 is 0 Å². The van der Waals surface area contributed by atoms with Crippen LogP contribution in [0.1, 0.15) is 26.3 Å². The van der Waals surface area contributed by atoms with Crippen LogP contribution in [0.5, 0.6) is 23.3 Å². The number of aromatic nitrogens is 5. The zero-order valence-electron chi connectivity index (χ0n) is 28.2. The first-order chi connectivity index (χ1) is 24.9. The summed E-state index contributed by atoms with van der Waals surface area (Å²) in [5.41, 5.74) is 3.09. The Morgan fingerprint density at radius 2 is 1.00 bits per heavy atom. The van der Waals surface area contributed by atoms with Crippen LogP contribution in [-0.2, 0) is 5.41 Å². The van der Waals surface area contributed by atoms with Crippen molar-refractivity contribution in [1.82, 2.24) is 24.5 Å². The summed E-state index contributed by atoms with van der Waals surface area (Å²) in [6.45, 7) is 6.52. The van der Waals surface area contributed by atoms with Crippen LogP contribution >= 0.6 is 23.5 Å². The van der Waals surface area contributed by atoms with E-state index in [0.29, 0.717) is 17.7 Å². The summed E-state index contributed by atoms with van der Waals surface area (Å²) in [5.74, 6) is 3.22. The Bertz CT molecular complexity index is 2320. The van der Waals surface area contributed by atoms with E-state index in [1.165, 1.54) is 0 Å². The van der Waals surface area contributed by atoms with Crippen molar-refractivity contribution in [2.24, 2.45) is 0 Å². The third-order valence-corrected chi connectivity index (χ3v) is 10.2. The summed E-state index contributed by atoms with van der Waals surface area (Å²) in [6.07, 6.45) is 7.33. The van der Waals surface area contributed by atoms with E-state index in [-0.39, 0.29) is 5.41 Å². The van der Waals surface area contributed by atoms with E-state index in [0.717, 1.165) is 58.5 Å². The standard InChI is InChI=1S/C42H33N5O2S2/c1-42(2,3)28-26-45-41(46-27-28)47-37-24-33(50-31-12-8-10-29(22-31)48-39-14-4-6-20-43-39)16-18-35(37)36-19-17-34(25-38(36)47)51-32-13-9-11-30(23-32)49-40-15-5-7-21-44-40/h4-27H,1-3H3. The van der Waals surface area contributed by atoms with Gasteiger partial charge in [0.15, 0.2) is 0 Å². The molecular formula is C42H33N5O2S2. The van der Waals surface area contributed by atoms with E-state index in [1.807, 2.05) is 85.2 Å². The number of hydrogen-bond acceptors (Lipinski definition) is 8. The first-order valence-electron chi connectivity index (χ1n) is 16.5. The van der Waals surface area contributed by atoms with Crippen LogP contribution in [0.4, 0.5) is 0 Å². The zero-order chi connectivity index (χ0) is 34.8. The molecule has 250 valence electrons. The van der Waals surface area contributed by atoms with Crippen LogP contribution in [0, 0.1) is 0 Å². The highest BCUT2D eigenvalue weighted by Gasteiger charge is 2.19. The maximum absolute atomic E-state index is 6.01. The fourth-order valence-electron chi connectivity index (χ4n) is 5.68. The molecule has 0 saturated carbocycles. The Morgan fingerprint density at radius 3 is 1.45 bits per heavy atom. The number of pyridine rings is 2. The summed E-state index contributed by atoms with van der Waals surface area (Å²) in [6, 6.07) is 40.6.